The molecule has 4 fully saturated rings. The van der Waals surface area contributed by atoms with E-state index >= 15 is 0 Å². The second-order valence-electron chi connectivity index (χ2n) is 8.61. The molecule has 4 aliphatic carbocycles. The second-order valence-corrected chi connectivity index (χ2v) is 8.61. The lowest BCUT2D eigenvalue weighted by Gasteiger charge is -2.55. The molecule has 0 saturated heterocycles. The molecule has 4 bridgehead atoms. The molecule has 2 nitrogen and oxygen atoms in total. The molecule has 108 valence electrons. The summed E-state index contributed by atoms with van der Waals surface area (Å²) in [5.74, 6) is 2.55. The minimum Gasteiger partial charge on any atom is -0.462 e. The van der Waals surface area contributed by atoms with Gasteiger partial charge in [0, 0.05) is 0 Å². The first kappa shape index (κ1) is 13.5. The number of rotatable bonds is 2. The molecule has 0 heterocycles. The molecule has 1 atom stereocenters. The van der Waals surface area contributed by atoms with Crippen LogP contribution in [0.15, 0.2) is 0 Å². The molecule has 4 saturated carbocycles. The van der Waals surface area contributed by atoms with Gasteiger partial charge in [-0.15, -0.1) is 0 Å². The highest BCUT2D eigenvalue weighted by Gasteiger charge is 2.55. The second kappa shape index (κ2) is 4.23. The third kappa shape index (κ3) is 2.32. The summed E-state index contributed by atoms with van der Waals surface area (Å²) in [6.45, 7) is 8.47. The van der Waals surface area contributed by atoms with Gasteiger partial charge in [-0.25, -0.2) is 0 Å². The Hall–Kier alpha value is -0.530. The summed E-state index contributed by atoms with van der Waals surface area (Å²) in [6, 6.07) is 0. The van der Waals surface area contributed by atoms with E-state index in [1.807, 2.05) is 6.92 Å². The molecule has 1 unspecified atom stereocenters. The minimum atomic E-state index is -0.103. The SMILES string of the molecule is CC(OC(=O)C12CC3CC(CC(C3)C1)C2)C(C)(C)C. The molecule has 0 radical (unpaired) electrons. The lowest BCUT2D eigenvalue weighted by Crippen LogP contribution is -2.51. The fourth-order valence-electron chi connectivity index (χ4n) is 4.82. The minimum absolute atomic E-state index is 0.00741. The quantitative estimate of drug-likeness (QED) is 0.699. The Morgan fingerprint density at radius 3 is 1.84 bits per heavy atom. The number of ether oxygens (including phenoxy) is 1. The normalized spacial score (nSPS) is 42.2. The number of hydrogen-bond acceptors (Lipinski definition) is 2. The topological polar surface area (TPSA) is 26.3 Å². The zero-order valence-electron chi connectivity index (χ0n) is 12.9. The molecule has 4 rings (SSSR count). The van der Waals surface area contributed by atoms with Gasteiger partial charge in [-0.3, -0.25) is 4.79 Å². The standard InChI is InChI=1S/C17H28O2/c1-11(16(2,3)4)19-15(18)17-8-12-5-13(9-17)7-14(6-12)10-17/h11-14H,5-10H2,1-4H3. The van der Waals surface area contributed by atoms with E-state index in [0.717, 1.165) is 37.0 Å². The molecule has 0 spiro atoms. The van der Waals surface area contributed by atoms with Crippen molar-refractivity contribution in [3.63, 3.8) is 0 Å². The molecule has 0 aromatic carbocycles. The van der Waals surface area contributed by atoms with Gasteiger partial charge in [-0.1, -0.05) is 20.8 Å². The van der Waals surface area contributed by atoms with Gasteiger partial charge < -0.3 is 4.74 Å². The van der Waals surface area contributed by atoms with Crippen LogP contribution in [0.3, 0.4) is 0 Å². The molecule has 0 aliphatic heterocycles. The molecule has 2 heteroatoms. The van der Waals surface area contributed by atoms with E-state index in [-0.39, 0.29) is 22.9 Å². The Labute approximate surface area is 117 Å². The van der Waals surface area contributed by atoms with E-state index in [9.17, 15) is 4.79 Å². The van der Waals surface area contributed by atoms with Gasteiger partial charge in [0.05, 0.1) is 5.41 Å². The van der Waals surface area contributed by atoms with Crippen molar-refractivity contribution >= 4 is 5.97 Å². The number of carbonyl (C=O) groups excluding carboxylic acids is 1. The molecule has 0 amide bonds. The Morgan fingerprint density at radius 1 is 1.05 bits per heavy atom. The number of hydrogen-bond donors (Lipinski definition) is 0. The van der Waals surface area contributed by atoms with E-state index in [4.69, 9.17) is 4.74 Å². The van der Waals surface area contributed by atoms with Crippen molar-refractivity contribution < 1.29 is 9.53 Å². The van der Waals surface area contributed by atoms with Crippen LogP contribution in [0.1, 0.15) is 66.2 Å². The fraction of sp³-hybridized carbons (Fsp3) is 0.941. The Kier molecular flexibility index (Phi) is 3.00. The van der Waals surface area contributed by atoms with Crippen molar-refractivity contribution in [1.82, 2.24) is 0 Å². The maximum atomic E-state index is 12.7. The molecular weight excluding hydrogens is 236 g/mol. The van der Waals surface area contributed by atoms with Crippen LogP contribution in [0.25, 0.3) is 0 Å². The van der Waals surface area contributed by atoms with E-state index < -0.39 is 0 Å². The molecule has 4 aliphatic rings. The fourth-order valence-corrected chi connectivity index (χ4v) is 4.82. The highest BCUT2D eigenvalue weighted by Crippen LogP contribution is 2.60. The van der Waals surface area contributed by atoms with Gasteiger partial charge in [-0.2, -0.15) is 0 Å². The monoisotopic (exact) mass is 264 g/mol. The predicted molar refractivity (Wildman–Crippen MR) is 75.6 cm³/mol. The van der Waals surface area contributed by atoms with Crippen LogP contribution in [0.4, 0.5) is 0 Å². The van der Waals surface area contributed by atoms with Crippen LogP contribution in [0.5, 0.6) is 0 Å². The Morgan fingerprint density at radius 2 is 1.47 bits per heavy atom. The highest BCUT2D eigenvalue weighted by molar-refractivity contribution is 5.77. The molecular formula is C17H28O2. The summed E-state index contributed by atoms with van der Waals surface area (Å²) in [5.41, 5.74) is -0.0633. The van der Waals surface area contributed by atoms with Gasteiger partial charge in [-0.05, 0) is 68.6 Å². The number of esters is 1. The van der Waals surface area contributed by atoms with Gasteiger partial charge in [0.15, 0.2) is 0 Å². The predicted octanol–water partition coefficient (Wildman–Crippen LogP) is 4.18. The lowest BCUT2D eigenvalue weighted by molar-refractivity contribution is -0.181. The van der Waals surface area contributed by atoms with Crippen molar-refractivity contribution in [2.24, 2.45) is 28.6 Å². The van der Waals surface area contributed by atoms with E-state index in [1.165, 1.54) is 19.3 Å². The van der Waals surface area contributed by atoms with Crippen LogP contribution >= 0.6 is 0 Å². The van der Waals surface area contributed by atoms with Crippen molar-refractivity contribution in [1.29, 1.82) is 0 Å². The summed E-state index contributed by atoms with van der Waals surface area (Å²) in [6.07, 6.45) is 7.45. The average Bonchev–Trinajstić information content (AvgIpc) is 2.25. The van der Waals surface area contributed by atoms with Crippen molar-refractivity contribution in [3.05, 3.63) is 0 Å². The average molecular weight is 264 g/mol. The van der Waals surface area contributed by atoms with E-state index in [2.05, 4.69) is 20.8 Å². The Bertz CT molecular complexity index is 342. The maximum Gasteiger partial charge on any atom is 0.312 e. The summed E-state index contributed by atoms with van der Waals surface area (Å²) in [4.78, 5) is 12.7. The first-order valence-corrected chi connectivity index (χ1v) is 7.99. The van der Waals surface area contributed by atoms with Crippen LogP contribution in [-0.2, 0) is 9.53 Å². The maximum absolute atomic E-state index is 12.7. The van der Waals surface area contributed by atoms with Gasteiger partial charge in [0.2, 0.25) is 0 Å². The van der Waals surface area contributed by atoms with Crippen molar-refractivity contribution in [3.8, 4) is 0 Å². The highest BCUT2D eigenvalue weighted by atomic mass is 16.5. The van der Waals surface area contributed by atoms with Gasteiger partial charge >= 0.3 is 5.97 Å². The first-order chi connectivity index (χ1) is 8.78. The number of carbonyl (C=O) groups is 1. The van der Waals surface area contributed by atoms with Gasteiger partial charge in [0.1, 0.15) is 6.10 Å². The van der Waals surface area contributed by atoms with E-state index in [1.54, 1.807) is 0 Å². The zero-order chi connectivity index (χ0) is 13.8. The van der Waals surface area contributed by atoms with E-state index in [0.29, 0.717) is 0 Å². The molecule has 0 aromatic heterocycles. The van der Waals surface area contributed by atoms with Crippen molar-refractivity contribution in [2.75, 3.05) is 0 Å². The van der Waals surface area contributed by atoms with Crippen molar-refractivity contribution in [2.45, 2.75) is 72.3 Å². The van der Waals surface area contributed by atoms with Crippen LogP contribution in [0.2, 0.25) is 0 Å². The zero-order valence-corrected chi connectivity index (χ0v) is 12.9. The first-order valence-electron chi connectivity index (χ1n) is 7.99. The van der Waals surface area contributed by atoms with Crippen LogP contribution < -0.4 is 0 Å². The summed E-state index contributed by atoms with van der Waals surface area (Å²) in [7, 11) is 0. The molecule has 0 aromatic rings. The molecule has 0 N–H and O–H groups in total. The Balaban J connectivity index is 1.73. The summed E-state index contributed by atoms with van der Waals surface area (Å²) < 4.78 is 5.86. The van der Waals surface area contributed by atoms with Crippen LogP contribution in [-0.4, -0.2) is 12.1 Å². The summed E-state index contributed by atoms with van der Waals surface area (Å²) in [5, 5.41) is 0. The van der Waals surface area contributed by atoms with Crippen LogP contribution in [0, 0.1) is 28.6 Å². The third-order valence-corrected chi connectivity index (χ3v) is 5.97. The smallest absolute Gasteiger partial charge is 0.312 e. The third-order valence-electron chi connectivity index (χ3n) is 5.97. The van der Waals surface area contributed by atoms with Gasteiger partial charge in [0.25, 0.3) is 0 Å². The summed E-state index contributed by atoms with van der Waals surface area (Å²) >= 11 is 0. The largest absolute Gasteiger partial charge is 0.462 e. The lowest BCUT2D eigenvalue weighted by atomic mass is 9.49. The molecule has 19 heavy (non-hydrogen) atoms.